The van der Waals surface area contributed by atoms with Crippen molar-refractivity contribution in [2.24, 2.45) is 0 Å². The van der Waals surface area contributed by atoms with Gasteiger partial charge in [0.1, 0.15) is 17.2 Å². The first-order valence-electron chi connectivity index (χ1n) is 8.66. The van der Waals surface area contributed by atoms with Crippen molar-refractivity contribution in [3.63, 3.8) is 0 Å². The topological polar surface area (TPSA) is 66.8 Å². The van der Waals surface area contributed by atoms with Crippen LogP contribution in [0.1, 0.15) is 20.8 Å². The number of ether oxygens (including phenoxy) is 3. The van der Waals surface area contributed by atoms with Gasteiger partial charge in [-0.15, -0.1) is 0 Å². The molecule has 0 spiro atoms. The number of Topliss-reactive ketones (excluding diaryl/α,β-unsaturated/α-hetero) is 1. The summed E-state index contributed by atoms with van der Waals surface area (Å²) in [5.41, 5.74) is 2.57. The molecule has 0 aliphatic heterocycles. The van der Waals surface area contributed by atoms with E-state index in [9.17, 15) is 9.59 Å². The highest BCUT2D eigenvalue weighted by atomic mass is 16.5. The number of hydrogen-bond acceptors (Lipinski definition) is 5. The van der Waals surface area contributed by atoms with Crippen LogP contribution < -0.4 is 9.47 Å². The number of ketones is 1. The van der Waals surface area contributed by atoms with Gasteiger partial charge in [-0.2, -0.15) is 0 Å². The van der Waals surface area contributed by atoms with Gasteiger partial charge >= 0.3 is 5.97 Å². The quantitative estimate of drug-likeness (QED) is 0.461. The van der Waals surface area contributed by atoms with E-state index in [1.54, 1.807) is 55.3 Å². The second-order valence-corrected chi connectivity index (χ2v) is 6.11. The number of methoxy groups -OCH3 is 3. The molecule has 0 amide bonds. The van der Waals surface area contributed by atoms with E-state index in [-0.39, 0.29) is 12.3 Å². The molecular formula is C22H21NO5. The van der Waals surface area contributed by atoms with Crippen LogP contribution in [0.3, 0.4) is 0 Å². The smallest absolute Gasteiger partial charge is 0.354 e. The predicted molar refractivity (Wildman–Crippen MR) is 105 cm³/mol. The van der Waals surface area contributed by atoms with Crippen molar-refractivity contribution >= 4 is 11.8 Å². The highest BCUT2D eigenvalue weighted by molar-refractivity contribution is 5.97. The van der Waals surface area contributed by atoms with Gasteiger partial charge in [0.2, 0.25) is 0 Å². The lowest BCUT2D eigenvalue weighted by atomic mass is 10.1. The molecule has 1 aromatic heterocycles. The SMILES string of the molecule is COC(=O)c1cc(-c2ccc(OC)cc2)cn1CC(=O)c1ccc(OC)cc1. The fourth-order valence-electron chi connectivity index (χ4n) is 2.88. The van der Waals surface area contributed by atoms with Gasteiger partial charge in [-0.1, -0.05) is 12.1 Å². The first-order chi connectivity index (χ1) is 13.5. The Morgan fingerprint density at radius 1 is 0.821 bits per heavy atom. The Bertz CT molecular complexity index is 971. The first kappa shape index (κ1) is 19.2. The molecule has 0 N–H and O–H groups in total. The summed E-state index contributed by atoms with van der Waals surface area (Å²) in [6, 6.07) is 16.0. The maximum absolute atomic E-state index is 12.7. The molecule has 0 saturated carbocycles. The first-order valence-corrected chi connectivity index (χ1v) is 8.66. The molecule has 144 valence electrons. The Morgan fingerprint density at radius 2 is 1.39 bits per heavy atom. The summed E-state index contributed by atoms with van der Waals surface area (Å²) < 4.78 is 16.8. The third kappa shape index (κ3) is 4.06. The Hall–Kier alpha value is -3.54. The second kappa shape index (κ2) is 8.43. The molecule has 0 bridgehead atoms. The molecule has 0 aliphatic carbocycles. The van der Waals surface area contributed by atoms with Gasteiger partial charge < -0.3 is 18.8 Å². The van der Waals surface area contributed by atoms with Gasteiger partial charge in [-0.05, 0) is 48.0 Å². The zero-order valence-electron chi connectivity index (χ0n) is 16.0. The van der Waals surface area contributed by atoms with Gasteiger partial charge in [0.15, 0.2) is 5.78 Å². The summed E-state index contributed by atoms with van der Waals surface area (Å²) >= 11 is 0. The van der Waals surface area contributed by atoms with E-state index in [2.05, 4.69) is 0 Å². The standard InChI is InChI=1S/C22H21NO5/c1-26-18-8-4-15(5-9-18)17-12-20(22(25)28-3)23(13-17)14-21(24)16-6-10-19(27-2)11-7-16/h4-13H,14H2,1-3H3. The van der Waals surface area contributed by atoms with Gasteiger partial charge in [0, 0.05) is 17.3 Å². The molecular weight excluding hydrogens is 358 g/mol. The third-order valence-corrected chi connectivity index (χ3v) is 4.44. The molecule has 1 heterocycles. The van der Waals surface area contributed by atoms with Crippen LogP contribution in [-0.4, -0.2) is 37.6 Å². The van der Waals surface area contributed by atoms with Crippen LogP contribution in [0.15, 0.2) is 60.8 Å². The number of carbonyl (C=O) groups excluding carboxylic acids is 2. The minimum Gasteiger partial charge on any atom is -0.497 e. The molecule has 2 aromatic carbocycles. The molecule has 0 unspecified atom stereocenters. The van der Waals surface area contributed by atoms with Crippen molar-refractivity contribution in [1.29, 1.82) is 0 Å². The number of nitrogens with zero attached hydrogens (tertiary/aromatic N) is 1. The minimum absolute atomic E-state index is 0.0208. The normalized spacial score (nSPS) is 10.4. The van der Waals surface area contributed by atoms with E-state index in [0.29, 0.717) is 17.0 Å². The number of benzene rings is 2. The van der Waals surface area contributed by atoms with E-state index in [1.165, 1.54) is 7.11 Å². The molecule has 28 heavy (non-hydrogen) atoms. The lowest BCUT2D eigenvalue weighted by molar-refractivity contribution is 0.0588. The average molecular weight is 379 g/mol. The maximum Gasteiger partial charge on any atom is 0.354 e. The van der Waals surface area contributed by atoms with Crippen molar-refractivity contribution in [3.05, 3.63) is 72.1 Å². The maximum atomic E-state index is 12.7. The highest BCUT2D eigenvalue weighted by Gasteiger charge is 2.18. The predicted octanol–water partition coefficient (Wildman–Crippen LogP) is 3.84. The number of esters is 1. The van der Waals surface area contributed by atoms with E-state index < -0.39 is 5.97 Å². The molecule has 6 nitrogen and oxygen atoms in total. The van der Waals surface area contributed by atoms with Crippen LogP contribution >= 0.6 is 0 Å². The molecule has 0 radical (unpaired) electrons. The molecule has 3 rings (SSSR count). The Morgan fingerprint density at radius 3 is 1.93 bits per heavy atom. The molecule has 0 fully saturated rings. The summed E-state index contributed by atoms with van der Waals surface area (Å²) in [6.45, 7) is 0.0208. The number of rotatable bonds is 7. The molecule has 6 heteroatoms. The zero-order valence-corrected chi connectivity index (χ0v) is 16.0. The Balaban J connectivity index is 1.90. The van der Waals surface area contributed by atoms with Gasteiger partial charge in [0.05, 0.1) is 27.9 Å². The van der Waals surface area contributed by atoms with Crippen LogP contribution in [0.25, 0.3) is 11.1 Å². The van der Waals surface area contributed by atoms with Crippen LogP contribution in [0.4, 0.5) is 0 Å². The minimum atomic E-state index is -0.498. The number of carbonyl (C=O) groups is 2. The second-order valence-electron chi connectivity index (χ2n) is 6.11. The van der Waals surface area contributed by atoms with E-state index >= 15 is 0 Å². The van der Waals surface area contributed by atoms with Gasteiger partial charge in [-0.25, -0.2) is 4.79 Å². The Kier molecular flexibility index (Phi) is 5.79. The van der Waals surface area contributed by atoms with E-state index in [4.69, 9.17) is 14.2 Å². The highest BCUT2D eigenvalue weighted by Crippen LogP contribution is 2.25. The van der Waals surface area contributed by atoms with Crippen molar-refractivity contribution in [2.75, 3.05) is 21.3 Å². The van der Waals surface area contributed by atoms with E-state index in [1.807, 2.05) is 24.3 Å². The monoisotopic (exact) mass is 379 g/mol. The van der Waals surface area contributed by atoms with Crippen LogP contribution in [0.5, 0.6) is 11.5 Å². The number of hydrogen-bond donors (Lipinski definition) is 0. The largest absolute Gasteiger partial charge is 0.497 e. The third-order valence-electron chi connectivity index (χ3n) is 4.44. The summed E-state index contributed by atoms with van der Waals surface area (Å²) in [4.78, 5) is 24.9. The van der Waals surface area contributed by atoms with E-state index in [0.717, 1.165) is 16.9 Å². The number of aromatic nitrogens is 1. The Labute approximate surface area is 163 Å². The average Bonchev–Trinajstić information content (AvgIpc) is 3.17. The lowest BCUT2D eigenvalue weighted by Gasteiger charge is -2.07. The summed E-state index contributed by atoms with van der Waals surface area (Å²) in [5, 5.41) is 0. The van der Waals surface area contributed by atoms with Crippen LogP contribution in [-0.2, 0) is 11.3 Å². The van der Waals surface area contributed by atoms with Crippen molar-refractivity contribution in [3.8, 4) is 22.6 Å². The van der Waals surface area contributed by atoms with Crippen LogP contribution in [0, 0.1) is 0 Å². The zero-order chi connectivity index (χ0) is 20.1. The molecule has 0 aliphatic rings. The molecule has 0 atom stereocenters. The summed E-state index contributed by atoms with van der Waals surface area (Å²) in [5.74, 6) is 0.799. The molecule has 3 aromatic rings. The van der Waals surface area contributed by atoms with Crippen molar-refractivity contribution in [1.82, 2.24) is 4.57 Å². The summed E-state index contributed by atoms with van der Waals surface area (Å²) in [6.07, 6.45) is 1.77. The fraction of sp³-hybridized carbons (Fsp3) is 0.182. The summed E-state index contributed by atoms with van der Waals surface area (Å²) in [7, 11) is 4.49. The van der Waals surface area contributed by atoms with Crippen molar-refractivity contribution < 1.29 is 23.8 Å². The van der Waals surface area contributed by atoms with Gasteiger partial charge in [0.25, 0.3) is 0 Å². The van der Waals surface area contributed by atoms with Gasteiger partial charge in [-0.3, -0.25) is 4.79 Å². The lowest BCUT2D eigenvalue weighted by Crippen LogP contribution is -2.15. The molecule has 0 saturated heterocycles. The fourth-order valence-corrected chi connectivity index (χ4v) is 2.88. The van der Waals surface area contributed by atoms with Crippen molar-refractivity contribution in [2.45, 2.75) is 6.54 Å². The van der Waals surface area contributed by atoms with Crippen LogP contribution in [0.2, 0.25) is 0 Å².